The molecule has 10 nitrogen and oxygen atoms in total. The van der Waals surface area contributed by atoms with E-state index in [1.165, 1.54) is 61.5 Å². The highest BCUT2D eigenvalue weighted by molar-refractivity contribution is 6.35. The van der Waals surface area contributed by atoms with Gasteiger partial charge in [-0.05, 0) is 66.4 Å². The van der Waals surface area contributed by atoms with Crippen LogP contribution in [-0.4, -0.2) is 68.5 Å². The summed E-state index contributed by atoms with van der Waals surface area (Å²) in [5.74, 6) is -4.13. The second-order valence-electron chi connectivity index (χ2n) is 11.8. The van der Waals surface area contributed by atoms with E-state index in [9.17, 15) is 37.1 Å². The summed E-state index contributed by atoms with van der Waals surface area (Å²) >= 11 is 6.63. The van der Waals surface area contributed by atoms with Crippen LogP contribution in [0.2, 0.25) is 5.02 Å². The molecule has 0 unspecified atom stereocenters. The van der Waals surface area contributed by atoms with Crippen molar-refractivity contribution in [1.82, 2.24) is 4.90 Å². The molecule has 0 aliphatic heterocycles. The molecule has 4 aromatic carbocycles. The van der Waals surface area contributed by atoms with Crippen LogP contribution in [0.15, 0.2) is 91.0 Å². The lowest BCUT2D eigenvalue weighted by atomic mass is 9.81. The lowest BCUT2D eigenvalue weighted by molar-refractivity contribution is -0.170. The fourth-order valence-corrected chi connectivity index (χ4v) is 5.70. The number of nitrogens with one attached hydrogen (secondary N) is 1. The van der Waals surface area contributed by atoms with Crippen LogP contribution in [0.5, 0.6) is 0 Å². The third kappa shape index (κ3) is 9.22. The van der Waals surface area contributed by atoms with E-state index in [1.807, 2.05) is 0 Å². The first kappa shape index (κ1) is 40.1. The first-order valence-corrected chi connectivity index (χ1v) is 16.7. The molecule has 0 fully saturated rings. The van der Waals surface area contributed by atoms with E-state index in [-0.39, 0.29) is 46.2 Å². The number of carbonyl (C=O) groups is 5. The summed E-state index contributed by atoms with van der Waals surface area (Å²) in [7, 11) is 2.94. The van der Waals surface area contributed by atoms with E-state index < -0.39 is 59.9 Å². The smallest absolute Gasteiger partial charge is 0.416 e. The number of esters is 3. The first-order valence-electron chi connectivity index (χ1n) is 16.3. The quantitative estimate of drug-likeness (QED) is 0.0869. The average molecular weight is 753 g/mol. The molecule has 0 spiro atoms. The molecular formula is C39H36ClF3N2O8. The zero-order valence-corrected chi connectivity index (χ0v) is 30.0. The Bertz CT molecular complexity index is 1970. The van der Waals surface area contributed by atoms with Gasteiger partial charge in [-0.15, -0.1) is 0 Å². The molecule has 278 valence electrons. The molecule has 0 bridgehead atoms. The van der Waals surface area contributed by atoms with Crippen LogP contribution in [0.3, 0.4) is 0 Å². The first-order chi connectivity index (χ1) is 25.1. The Morgan fingerprint density at radius 3 is 1.89 bits per heavy atom. The molecular weight excluding hydrogens is 717 g/mol. The van der Waals surface area contributed by atoms with Gasteiger partial charge in [-0.1, -0.05) is 72.3 Å². The van der Waals surface area contributed by atoms with E-state index in [1.54, 1.807) is 50.2 Å². The Morgan fingerprint density at radius 2 is 1.32 bits per heavy atom. The van der Waals surface area contributed by atoms with Crippen molar-refractivity contribution in [3.8, 4) is 11.1 Å². The molecule has 0 radical (unpaired) electrons. The van der Waals surface area contributed by atoms with Crippen LogP contribution in [0, 0.1) is 0 Å². The van der Waals surface area contributed by atoms with Crippen LogP contribution in [0.4, 0.5) is 18.9 Å². The largest absolute Gasteiger partial charge is 0.465 e. The third-order valence-electron chi connectivity index (χ3n) is 8.03. The van der Waals surface area contributed by atoms with Crippen LogP contribution < -0.4 is 5.32 Å². The number of carbonyl (C=O) groups excluding carboxylic acids is 5. The Kier molecular flexibility index (Phi) is 13.0. The van der Waals surface area contributed by atoms with Crippen molar-refractivity contribution in [2.24, 2.45) is 0 Å². The van der Waals surface area contributed by atoms with Gasteiger partial charge in [0.15, 0.2) is 0 Å². The van der Waals surface area contributed by atoms with E-state index in [4.69, 9.17) is 25.8 Å². The highest BCUT2D eigenvalue weighted by Gasteiger charge is 2.52. The predicted octanol–water partition coefficient (Wildman–Crippen LogP) is 7.13. The van der Waals surface area contributed by atoms with Crippen molar-refractivity contribution in [3.63, 3.8) is 0 Å². The number of ether oxygens (including phenoxy) is 3. The van der Waals surface area contributed by atoms with E-state index >= 15 is 0 Å². The van der Waals surface area contributed by atoms with E-state index in [0.29, 0.717) is 11.1 Å². The van der Waals surface area contributed by atoms with Crippen molar-refractivity contribution < 1.29 is 51.4 Å². The number of benzene rings is 4. The number of rotatable bonds is 13. The number of hydrogen-bond acceptors (Lipinski definition) is 8. The molecule has 0 atom stereocenters. The van der Waals surface area contributed by atoms with Crippen molar-refractivity contribution in [3.05, 3.63) is 124 Å². The van der Waals surface area contributed by atoms with Gasteiger partial charge in [0.25, 0.3) is 11.8 Å². The zero-order valence-electron chi connectivity index (χ0n) is 29.2. The lowest BCUT2D eigenvalue weighted by Crippen LogP contribution is -2.50. The van der Waals surface area contributed by atoms with E-state index in [2.05, 4.69) is 5.32 Å². The highest BCUT2D eigenvalue weighted by Crippen LogP contribution is 2.34. The fourth-order valence-electron chi connectivity index (χ4n) is 5.41. The summed E-state index contributed by atoms with van der Waals surface area (Å²) < 4.78 is 55.4. The molecule has 1 N–H and O–H groups in total. The maximum atomic E-state index is 13.7. The summed E-state index contributed by atoms with van der Waals surface area (Å²) in [4.78, 5) is 68.2. The molecule has 14 heteroatoms. The summed E-state index contributed by atoms with van der Waals surface area (Å²) in [5.41, 5.74) is -1.99. The topological polar surface area (TPSA) is 128 Å². The minimum atomic E-state index is -4.54. The van der Waals surface area contributed by atoms with Gasteiger partial charge in [0.1, 0.15) is 6.61 Å². The van der Waals surface area contributed by atoms with Gasteiger partial charge in [-0.2, -0.15) is 13.2 Å². The van der Waals surface area contributed by atoms with Gasteiger partial charge >= 0.3 is 24.1 Å². The van der Waals surface area contributed by atoms with Crippen LogP contribution in [0.25, 0.3) is 11.1 Å². The maximum Gasteiger partial charge on any atom is 0.416 e. The Labute approximate surface area is 308 Å². The monoisotopic (exact) mass is 752 g/mol. The lowest BCUT2D eigenvalue weighted by Gasteiger charge is -2.29. The third-order valence-corrected chi connectivity index (χ3v) is 8.33. The molecule has 0 aliphatic rings. The number of halogens is 4. The predicted molar refractivity (Wildman–Crippen MR) is 190 cm³/mol. The average Bonchev–Trinajstić information content (AvgIpc) is 3.13. The molecule has 4 rings (SSSR count). The van der Waals surface area contributed by atoms with Gasteiger partial charge in [-0.3, -0.25) is 24.0 Å². The summed E-state index contributed by atoms with van der Waals surface area (Å²) in [6.07, 6.45) is -5.00. The highest BCUT2D eigenvalue weighted by atomic mass is 35.5. The molecule has 0 saturated carbocycles. The number of amides is 2. The minimum absolute atomic E-state index is 0.0640. The number of nitrogens with zero attached hydrogens (tertiary/aromatic N) is 1. The molecule has 0 heterocycles. The summed E-state index contributed by atoms with van der Waals surface area (Å²) in [6, 6.07) is 21.1. The molecule has 0 saturated heterocycles. The normalized spacial score (nSPS) is 11.3. The van der Waals surface area contributed by atoms with Gasteiger partial charge in [0.05, 0.1) is 41.5 Å². The molecule has 4 aromatic rings. The Hall–Kier alpha value is -5.69. The second kappa shape index (κ2) is 17.2. The van der Waals surface area contributed by atoms with Gasteiger partial charge in [0, 0.05) is 19.7 Å². The van der Waals surface area contributed by atoms with Crippen LogP contribution >= 0.6 is 11.6 Å². The minimum Gasteiger partial charge on any atom is -0.465 e. The standard InChI is InChI=1S/C39H36ClF3N2O8/c1-5-51-36(49)38(37(50)52-6-2,26-12-8-7-9-13-26)23-53-32(46)22-24-20-30(35(48)45(3)4)33(31(40)21-24)44-34(47)29-15-11-10-14-28(29)25-16-18-27(19-17-25)39(41,42)43/h7-21H,5-6,22-23H2,1-4H3,(H,44,47). The maximum absolute atomic E-state index is 13.7. The van der Waals surface area contributed by atoms with Crippen LogP contribution in [0.1, 0.15) is 51.3 Å². The zero-order chi connectivity index (χ0) is 38.9. The van der Waals surface area contributed by atoms with E-state index in [0.717, 1.165) is 12.1 Å². The Morgan fingerprint density at radius 1 is 0.736 bits per heavy atom. The molecule has 0 aromatic heterocycles. The van der Waals surface area contributed by atoms with Gasteiger partial charge in [0.2, 0.25) is 5.41 Å². The second-order valence-corrected chi connectivity index (χ2v) is 12.2. The summed E-state index contributed by atoms with van der Waals surface area (Å²) in [6.45, 7) is 2.24. The SMILES string of the molecule is CCOC(=O)C(COC(=O)Cc1cc(Cl)c(NC(=O)c2ccccc2-c2ccc(C(F)(F)F)cc2)c(C(=O)N(C)C)c1)(C(=O)OCC)c1ccccc1. The van der Waals surface area contributed by atoms with Crippen LogP contribution in [-0.2, 0) is 46.6 Å². The number of anilines is 1. The molecule has 2 amide bonds. The Balaban J connectivity index is 1.64. The van der Waals surface area contributed by atoms with Crippen molar-refractivity contribution in [2.75, 3.05) is 39.2 Å². The molecule has 53 heavy (non-hydrogen) atoms. The number of hydrogen-bond donors (Lipinski definition) is 1. The number of alkyl halides is 3. The van der Waals surface area contributed by atoms with Gasteiger partial charge < -0.3 is 24.4 Å². The summed E-state index contributed by atoms with van der Waals surface area (Å²) in [5, 5.41) is 2.54. The van der Waals surface area contributed by atoms with Crippen molar-refractivity contribution >= 4 is 47.0 Å². The van der Waals surface area contributed by atoms with Crippen molar-refractivity contribution in [1.29, 1.82) is 0 Å². The van der Waals surface area contributed by atoms with Gasteiger partial charge in [-0.25, -0.2) is 0 Å². The van der Waals surface area contributed by atoms with Crippen molar-refractivity contribution in [2.45, 2.75) is 31.9 Å². The molecule has 0 aliphatic carbocycles. The fraction of sp³-hybridized carbons (Fsp3) is 0.256.